The van der Waals surface area contributed by atoms with Crippen molar-refractivity contribution in [3.63, 3.8) is 0 Å². The molecule has 2 atom stereocenters. The Kier molecular flexibility index (Phi) is 4.55. The summed E-state index contributed by atoms with van der Waals surface area (Å²) >= 11 is 0. The van der Waals surface area contributed by atoms with Gasteiger partial charge >= 0.3 is 5.97 Å². The number of benzene rings is 1. The molecule has 2 rings (SSSR count). The zero-order valence-electron chi connectivity index (χ0n) is 11.7. The molecule has 0 saturated heterocycles. The van der Waals surface area contributed by atoms with Crippen molar-refractivity contribution in [1.82, 2.24) is 5.32 Å². The van der Waals surface area contributed by atoms with E-state index in [1.54, 1.807) is 0 Å². The Hall–Kier alpha value is -1.98. The van der Waals surface area contributed by atoms with Crippen LogP contribution in [-0.4, -0.2) is 23.0 Å². The van der Waals surface area contributed by atoms with E-state index >= 15 is 0 Å². The molecule has 1 aliphatic rings. The van der Waals surface area contributed by atoms with Crippen LogP contribution in [0.2, 0.25) is 0 Å². The summed E-state index contributed by atoms with van der Waals surface area (Å²) in [7, 11) is 0. The van der Waals surface area contributed by atoms with Gasteiger partial charge in [-0.1, -0.05) is 19.8 Å². The first-order chi connectivity index (χ1) is 9.90. The number of carbonyl (C=O) groups is 2. The van der Waals surface area contributed by atoms with Gasteiger partial charge in [0, 0.05) is 6.04 Å². The van der Waals surface area contributed by atoms with E-state index < -0.39 is 29.1 Å². The van der Waals surface area contributed by atoms with Crippen LogP contribution in [0, 0.1) is 17.6 Å². The van der Waals surface area contributed by atoms with Crippen molar-refractivity contribution in [3.05, 3.63) is 34.9 Å². The van der Waals surface area contributed by atoms with Crippen molar-refractivity contribution in [1.29, 1.82) is 0 Å². The average Bonchev–Trinajstić information content (AvgIpc) is 2.43. The molecule has 0 aromatic heterocycles. The van der Waals surface area contributed by atoms with Crippen LogP contribution in [0.25, 0.3) is 0 Å². The van der Waals surface area contributed by atoms with Gasteiger partial charge in [-0.15, -0.1) is 0 Å². The highest BCUT2D eigenvalue weighted by atomic mass is 19.2. The molecule has 0 heterocycles. The van der Waals surface area contributed by atoms with E-state index in [-0.39, 0.29) is 17.5 Å². The largest absolute Gasteiger partial charge is 0.478 e. The topological polar surface area (TPSA) is 66.4 Å². The molecule has 0 radical (unpaired) electrons. The van der Waals surface area contributed by atoms with Gasteiger partial charge in [-0.25, -0.2) is 13.6 Å². The minimum atomic E-state index is -1.46. The highest BCUT2D eigenvalue weighted by Gasteiger charge is 2.26. The van der Waals surface area contributed by atoms with Crippen LogP contribution in [0.3, 0.4) is 0 Å². The molecule has 1 aromatic rings. The third-order valence-corrected chi connectivity index (χ3v) is 3.96. The summed E-state index contributed by atoms with van der Waals surface area (Å²) in [6.45, 7) is 2.01. The number of amides is 1. The van der Waals surface area contributed by atoms with Gasteiger partial charge in [0.1, 0.15) is 0 Å². The lowest BCUT2D eigenvalue weighted by molar-refractivity contribution is 0.0689. The number of hydrogen-bond acceptors (Lipinski definition) is 2. The standard InChI is InChI=1S/C15H17F2NO3/c1-8-4-2-3-5-13(8)18-14(19)9-6-11(16)12(17)7-10(9)15(20)21/h6-8,13H,2-5H2,1H3,(H,18,19)(H,20,21). The van der Waals surface area contributed by atoms with Crippen molar-refractivity contribution >= 4 is 11.9 Å². The Balaban J connectivity index is 2.26. The lowest BCUT2D eigenvalue weighted by Crippen LogP contribution is -2.41. The maximum atomic E-state index is 13.3. The zero-order valence-corrected chi connectivity index (χ0v) is 11.7. The number of rotatable bonds is 3. The summed E-state index contributed by atoms with van der Waals surface area (Å²) in [5, 5.41) is 11.8. The Morgan fingerprint density at radius 1 is 1.14 bits per heavy atom. The van der Waals surface area contributed by atoms with Gasteiger partial charge in [0.05, 0.1) is 11.1 Å². The fourth-order valence-electron chi connectivity index (χ4n) is 2.69. The smallest absolute Gasteiger partial charge is 0.336 e. The van der Waals surface area contributed by atoms with E-state index in [2.05, 4.69) is 5.32 Å². The first kappa shape index (κ1) is 15.4. The quantitative estimate of drug-likeness (QED) is 0.901. The van der Waals surface area contributed by atoms with Gasteiger partial charge in [-0.3, -0.25) is 4.79 Å². The van der Waals surface area contributed by atoms with E-state index in [4.69, 9.17) is 5.11 Å². The van der Waals surface area contributed by atoms with Gasteiger partial charge in [0.25, 0.3) is 5.91 Å². The summed E-state index contributed by atoms with van der Waals surface area (Å²) in [6.07, 6.45) is 3.87. The van der Waals surface area contributed by atoms with Gasteiger partial charge in [0.15, 0.2) is 11.6 Å². The number of aromatic carboxylic acids is 1. The maximum absolute atomic E-state index is 13.3. The van der Waals surface area contributed by atoms with E-state index in [1.165, 1.54) is 0 Å². The molecule has 1 amide bonds. The molecule has 0 spiro atoms. The molecule has 1 aromatic carbocycles. The molecule has 1 saturated carbocycles. The number of carbonyl (C=O) groups excluding carboxylic acids is 1. The van der Waals surface area contributed by atoms with Crippen molar-refractivity contribution in [2.45, 2.75) is 38.6 Å². The summed E-state index contributed by atoms with van der Waals surface area (Å²) in [5.41, 5.74) is -0.881. The zero-order chi connectivity index (χ0) is 15.6. The van der Waals surface area contributed by atoms with Gasteiger partial charge in [-0.2, -0.15) is 0 Å². The van der Waals surface area contributed by atoms with Gasteiger partial charge in [-0.05, 0) is 30.9 Å². The fraction of sp³-hybridized carbons (Fsp3) is 0.467. The van der Waals surface area contributed by atoms with E-state index in [9.17, 15) is 18.4 Å². The minimum Gasteiger partial charge on any atom is -0.478 e. The van der Waals surface area contributed by atoms with Crippen molar-refractivity contribution in [3.8, 4) is 0 Å². The number of nitrogens with one attached hydrogen (secondary N) is 1. The lowest BCUT2D eigenvalue weighted by atomic mass is 9.85. The monoisotopic (exact) mass is 297 g/mol. The molecule has 0 bridgehead atoms. The number of carboxylic acid groups (broad SMARTS) is 1. The van der Waals surface area contributed by atoms with Crippen LogP contribution in [0.15, 0.2) is 12.1 Å². The maximum Gasteiger partial charge on any atom is 0.336 e. The van der Waals surface area contributed by atoms with Crippen LogP contribution in [0.5, 0.6) is 0 Å². The molecule has 0 aliphatic heterocycles. The second-order valence-corrected chi connectivity index (χ2v) is 5.46. The SMILES string of the molecule is CC1CCCCC1NC(=O)c1cc(F)c(F)cc1C(=O)O. The Morgan fingerprint density at radius 2 is 1.71 bits per heavy atom. The third-order valence-electron chi connectivity index (χ3n) is 3.96. The first-order valence-electron chi connectivity index (χ1n) is 6.93. The number of carboxylic acids is 1. The molecule has 21 heavy (non-hydrogen) atoms. The highest BCUT2D eigenvalue weighted by Crippen LogP contribution is 2.24. The second kappa shape index (κ2) is 6.20. The van der Waals surface area contributed by atoms with Crippen LogP contribution in [-0.2, 0) is 0 Å². The lowest BCUT2D eigenvalue weighted by Gasteiger charge is -2.29. The van der Waals surface area contributed by atoms with Crippen LogP contribution < -0.4 is 5.32 Å². The second-order valence-electron chi connectivity index (χ2n) is 5.46. The van der Waals surface area contributed by atoms with E-state index in [0.29, 0.717) is 12.1 Å². The van der Waals surface area contributed by atoms with E-state index in [1.807, 2.05) is 6.92 Å². The van der Waals surface area contributed by atoms with Gasteiger partial charge in [0.2, 0.25) is 0 Å². The molecular formula is C15H17F2NO3. The normalized spacial score (nSPS) is 21.9. The van der Waals surface area contributed by atoms with Crippen LogP contribution in [0.4, 0.5) is 8.78 Å². The minimum absolute atomic E-state index is 0.0685. The first-order valence-corrected chi connectivity index (χ1v) is 6.93. The van der Waals surface area contributed by atoms with Gasteiger partial charge < -0.3 is 10.4 Å². The van der Waals surface area contributed by atoms with E-state index in [0.717, 1.165) is 25.7 Å². The Morgan fingerprint density at radius 3 is 2.29 bits per heavy atom. The molecule has 114 valence electrons. The summed E-state index contributed by atoms with van der Waals surface area (Å²) in [5.74, 6) is -4.38. The average molecular weight is 297 g/mol. The molecular weight excluding hydrogens is 280 g/mol. The predicted molar refractivity (Wildman–Crippen MR) is 72.2 cm³/mol. The molecule has 2 unspecified atom stereocenters. The number of hydrogen-bond donors (Lipinski definition) is 2. The Labute approximate surface area is 121 Å². The van der Waals surface area contributed by atoms with Crippen LogP contribution in [0.1, 0.15) is 53.3 Å². The van der Waals surface area contributed by atoms with Crippen molar-refractivity contribution in [2.75, 3.05) is 0 Å². The van der Waals surface area contributed by atoms with Crippen LogP contribution >= 0.6 is 0 Å². The van der Waals surface area contributed by atoms with Crippen molar-refractivity contribution < 1.29 is 23.5 Å². The van der Waals surface area contributed by atoms with Crippen molar-refractivity contribution in [2.24, 2.45) is 5.92 Å². The predicted octanol–water partition coefficient (Wildman–Crippen LogP) is 2.97. The summed E-state index contributed by atoms with van der Waals surface area (Å²) in [6, 6.07) is 1.11. The molecule has 1 fully saturated rings. The molecule has 6 heteroatoms. The molecule has 4 nitrogen and oxygen atoms in total. The molecule has 2 N–H and O–H groups in total. The fourth-order valence-corrected chi connectivity index (χ4v) is 2.69. The Bertz CT molecular complexity index is 574. The summed E-state index contributed by atoms with van der Waals surface area (Å²) in [4.78, 5) is 23.3. The number of halogens is 2. The third kappa shape index (κ3) is 3.37. The molecule has 1 aliphatic carbocycles. The summed E-state index contributed by atoms with van der Waals surface area (Å²) < 4.78 is 26.4. The highest BCUT2D eigenvalue weighted by molar-refractivity contribution is 6.04.